The van der Waals surface area contributed by atoms with E-state index in [-0.39, 0.29) is 0 Å². The number of nitrogens with zero attached hydrogens (tertiary/aromatic N) is 3. The van der Waals surface area contributed by atoms with Crippen LogP contribution in [-0.2, 0) is 11.3 Å². The molecule has 0 amide bonds. The van der Waals surface area contributed by atoms with E-state index in [2.05, 4.69) is 46.9 Å². The van der Waals surface area contributed by atoms with Crippen molar-refractivity contribution in [1.82, 2.24) is 9.97 Å². The summed E-state index contributed by atoms with van der Waals surface area (Å²) in [7, 11) is 0. The maximum atomic E-state index is 5.83. The molecule has 1 aromatic carbocycles. The fourth-order valence-corrected chi connectivity index (χ4v) is 2.54. The van der Waals surface area contributed by atoms with Gasteiger partial charge in [0.25, 0.3) is 0 Å². The van der Waals surface area contributed by atoms with Gasteiger partial charge in [-0.1, -0.05) is 18.2 Å². The van der Waals surface area contributed by atoms with Gasteiger partial charge in [0.15, 0.2) is 5.75 Å². The lowest BCUT2D eigenvalue weighted by Gasteiger charge is -2.26. The lowest BCUT2D eigenvalue weighted by Crippen LogP contribution is -2.37. The van der Waals surface area contributed by atoms with Crippen LogP contribution in [0.2, 0.25) is 0 Å². The molecule has 0 radical (unpaired) electrons. The van der Waals surface area contributed by atoms with Gasteiger partial charge in [0.2, 0.25) is 5.95 Å². The summed E-state index contributed by atoms with van der Waals surface area (Å²) >= 11 is 0. The molecule has 0 saturated carbocycles. The summed E-state index contributed by atoms with van der Waals surface area (Å²) in [4.78, 5) is 10.9. The zero-order valence-corrected chi connectivity index (χ0v) is 13.1. The van der Waals surface area contributed by atoms with Crippen LogP contribution in [0.4, 0.5) is 5.95 Å². The highest BCUT2D eigenvalue weighted by Crippen LogP contribution is 2.18. The van der Waals surface area contributed by atoms with Crippen molar-refractivity contribution in [3.8, 4) is 5.75 Å². The monoisotopic (exact) mass is 299 g/mol. The molecule has 2 heterocycles. The molecule has 0 atom stereocenters. The Hall–Kier alpha value is -2.14. The standard InChI is InChI=1S/C17H21N3O2/c1-13-4-3-5-14(2)16(13)12-22-15-10-18-17(19-11-15)20-6-8-21-9-7-20/h3-5,10-11H,6-9,12H2,1-2H3. The second-order valence-corrected chi connectivity index (χ2v) is 5.48. The molecule has 0 unspecified atom stereocenters. The Morgan fingerprint density at radius 3 is 2.36 bits per heavy atom. The summed E-state index contributed by atoms with van der Waals surface area (Å²) in [5.74, 6) is 1.43. The first-order valence-electron chi connectivity index (χ1n) is 7.56. The highest BCUT2D eigenvalue weighted by atomic mass is 16.5. The number of morpholine rings is 1. The van der Waals surface area contributed by atoms with E-state index in [9.17, 15) is 0 Å². The average Bonchev–Trinajstić information content (AvgIpc) is 2.56. The largest absolute Gasteiger partial charge is 0.486 e. The van der Waals surface area contributed by atoms with Gasteiger partial charge in [0, 0.05) is 13.1 Å². The fourth-order valence-electron chi connectivity index (χ4n) is 2.54. The molecule has 1 saturated heterocycles. The average molecular weight is 299 g/mol. The number of benzene rings is 1. The number of ether oxygens (including phenoxy) is 2. The van der Waals surface area contributed by atoms with Crippen molar-refractivity contribution in [2.45, 2.75) is 20.5 Å². The van der Waals surface area contributed by atoms with Gasteiger partial charge in [-0.15, -0.1) is 0 Å². The van der Waals surface area contributed by atoms with Crippen molar-refractivity contribution in [3.05, 3.63) is 47.3 Å². The van der Waals surface area contributed by atoms with E-state index in [4.69, 9.17) is 9.47 Å². The molecule has 0 N–H and O–H groups in total. The van der Waals surface area contributed by atoms with Gasteiger partial charge in [-0.25, -0.2) is 9.97 Å². The predicted octanol–water partition coefficient (Wildman–Crippen LogP) is 2.51. The molecule has 116 valence electrons. The van der Waals surface area contributed by atoms with E-state index in [1.54, 1.807) is 12.4 Å². The van der Waals surface area contributed by atoms with Gasteiger partial charge in [0.1, 0.15) is 6.61 Å². The van der Waals surface area contributed by atoms with Crippen LogP contribution >= 0.6 is 0 Å². The molecule has 1 aliphatic rings. The lowest BCUT2D eigenvalue weighted by atomic mass is 10.0. The maximum absolute atomic E-state index is 5.83. The minimum atomic E-state index is 0.540. The van der Waals surface area contributed by atoms with Gasteiger partial charge in [-0.05, 0) is 30.5 Å². The van der Waals surface area contributed by atoms with Crippen LogP contribution < -0.4 is 9.64 Å². The van der Waals surface area contributed by atoms with E-state index < -0.39 is 0 Å². The SMILES string of the molecule is Cc1cccc(C)c1COc1cnc(N2CCOCC2)nc1. The van der Waals surface area contributed by atoms with Gasteiger partial charge < -0.3 is 14.4 Å². The van der Waals surface area contributed by atoms with E-state index in [0.29, 0.717) is 12.4 Å². The molecule has 0 aliphatic carbocycles. The zero-order valence-electron chi connectivity index (χ0n) is 13.1. The Kier molecular flexibility index (Phi) is 4.53. The van der Waals surface area contributed by atoms with E-state index >= 15 is 0 Å². The van der Waals surface area contributed by atoms with Crippen molar-refractivity contribution in [2.75, 3.05) is 31.2 Å². The summed E-state index contributed by atoms with van der Waals surface area (Å²) in [5.41, 5.74) is 3.71. The number of aryl methyl sites for hydroxylation is 2. The Morgan fingerprint density at radius 2 is 1.73 bits per heavy atom. The van der Waals surface area contributed by atoms with Gasteiger partial charge >= 0.3 is 0 Å². The van der Waals surface area contributed by atoms with Gasteiger partial charge in [-0.2, -0.15) is 0 Å². The quantitative estimate of drug-likeness (QED) is 0.868. The summed E-state index contributed by atoms with van der Waals surface area (Å²) < 4.78 is 11.2. The number of rotatable bonds is 4. The van der Waals surface area contributed by atoms with Gasteiger partial charge in [-0.3, -0.25) is 0 Å². The first kappa shape index (κ1) is 14.8. The van der Waals surface area contributed by atoms with Crippen LogP contribution in [0.1, 0.15) is 16.7 Å². The Balaban J connectivity index is 1.64. The summed E-state index contributed by atoms with van der Waals surface area (Å²) in [6.45, 7) is 7.87. The normalized spacial score (nSPS) is 14.9. The smallest absolute Gasteiger partial charge is 0.225 e. The lowest BCUT2D eigenvalue weighted by molar-refractivity contribution is 0.122. The summed E-state index contributed by atoms with van der Waals surface area (Å²) in [6.07, 6.45) is 3.48. The molecular formula is C17H21N3O2. The topological polar surface area (TPSA) is 47.5 Å². The minimum Gasteiger partial charge on any atom is -0.486 e. The van der Waals surface area contributed by atoms with Crippen LogP contribution in [0.5, 0.6) is 5.75 Å². The highest BCUT2D eigenvalue weighted by molar-refractivity contribution is 5.34. The Labute approximate surface area is 130 Å². The minimum absolute atomic E-state index is 0.540. The Morgan fingerprint density at radius 1 is 1.09 bits per heavy atom. The molecule has 22 heavy (non-hydrogen) atoms. The number of hydrogen-bond acceptors (Lipinski definition) is 5. The summed E-state index contributed by atoms with van der Waals surface area (Å²) in [6, 6.07) is 6.27. The van der Waals surface area contributed by atoms with Crippen LogP contribution in [0.25, 0.3) is 0 Å². The molecular weight excluding hydrogens is 278 g/mol. The van der Waals surface area contributed by atoms with Crippen molar-refractivity contribution < 1.29 is 9.47 Å². The van der Waals surface area contributed by atoms with Crippen LogP contribution in [0, 0.1) is 13.8 Å². The molecule has 3 rings (SSSR count). The van der Waals surface area contributed by atoms with Gasteiger partial charge in [0.05, 0.1) is 25.6 Å². The molecule has 5 heteroatoms. The zero-order chi connectivity index (χ0) is 15.4. The molecule has 1 fully saturated rings. The van der Waals surface area contributed by atoms with E-state index in [1.165, 1.54) is 16.7 Å². The number of hydrogen-bond donors (Lipinski definition) is 0. The molecule has 0 bridgehead atoms. The fraction of sp³-hybridized carbons (Fsp3) is 0.412. The van der Waals surface area contributed by atoms with Crippen molar-refractivity contribution in [1.29, 1.82) is 0 Å². The first-order valence-corrected chi connectivity index (χ1v) is 7.56. The third-order valence-corrected chi connectivity index (χ3v) is 3.94. The molecule has 5 nitrogen and oxygen atoms in total. The molecule has 1 aromatic heterocycles. The van der Waals surface area contributed by atoms with Crippen LogP contribution in [-0.4, -0.2) is 36.3 Å². The Bertz CT molecular complexity index is 602. The predicted molar refractivity (Wildman–Crippen MR) is 85.3 cm³/mol. The van der Waals surface area contributed by atoms with Crippen molar-refractivity contribution >= 4 is 5.95 Å². The number of aromatic nitrogens is 2. The highest BCUT2D eigenvalue weighted by Gasteiger charge is 2.13. The van der Waals surface area contributed by atoms with Crippen LogP contribution in [0.3, 0.4) is 0 Å². The third-order valence-electron chi connectivity index (χ3n) is 3.94. The van der Waals surface area contributed by atoms with E-state index in [0.717, 1.165) is 32.3 Å². The third kappa shape index (κ3) is 3.36. The first-order chi connectivity index (χ1) is 10.7. The van der Waals surface area contributed by atoms with E-state index in [1.807, 2.05) is 0 Å². The summed E-state index contributed by atoms with van der Waals surface area (Å²) in [5, 5.41) is 0. The maximum Gasteiger partial charge on any atom is 0.225 e. The van der Waals surface area contributed by atoms with Crippen molar-refractivity contribution in [3.63, 3.8) is 0 Å². The number of anilines is 1. The second kappa shape index (κ2) is 6.75. The molecule has 2 aromatic rings. The van der Waals surface area contributed by atoms with Crippen LogP contribution in [0.15, 0.2) is 30.6 Å². The molecule has 1 aliphatic heterocycles. The molecule has 0 spiro atoms. The van der Waals surface area contributed by atoms with Crippen molar-refractivity contribution in [2.24, 2.45) is 0 Å². The second-order valence-electron chi connectivity index (χ2n) is 5.48.